The third-order valence-electron chi connectivity index (χ3n) is 5.53. The molecule has 7 nitrogen and oxygen atoms in total. The van der Waals surface area contributed by atoms with Crippen molar-refractivity contribution in [2.24, 2.45) is 16.1 Å². The molecule has 28 heavy (non-hydrogen) atoms. The Morgan fingerprint density at radius 3 is 2.39 bits per heavy atom. The fraction of sp³-hybridized carbons (Fsp3) is 0.238. The second-order valence-electron chi connectivity index (χ2n) is 7.56. The summed E-state index contributed by atoms with van der Waals surface area (Å²) in [6.45, 7) is 2.22. The first-order valence-electron chi connectivity index (χ1n) is 9.32. The summed E-state index contributed by atoms with van der Waals surface area (Å²) in [6.07, 6.45) is 2.48. The summed E-state index contributed by atoms with van der Waals surface area (Å²) in [6, 6.07) is 16.2. The molecule has 1 atom stereocenters. The van der Waals surface area contributed by atoms with Gasteiger partial charge < -0.3 is 10.6 Å². The molecule has 0 saturated heterocycles. The van der Waals surface area contributed by atoms with Crippen molar-refractivity contribution < 1.29 is 4.92 Å². The topological polar surface area (TPSA) is 91.9 Å². The Morgan fingerprint density at radius 1 is 1.00 bits per heavy atom. The Balaban J connectivity index is 1.51. The van der Waals surface area contributed by atoms with Gasteiger partial charge in [0.25, 0.3) is 5.69 Å². The van der Waals surface area contributed by atoms with Crippen LogP contribution in [0.3, 0.4) is 0 Å². The van der Waals surface area contributed by atoms with E-state index in [1.54, 1.807) is 12.1 Å². The Kier molecular flexibility index (Phi) is 3.58. The average Bonchev–Trinajstić information content (AvgIpc) is 3.54. The van der Waals surface area contributed by atoms with Crippen molar-refractivity contribution in [3.63, 3.8) is 0 Å². The van der Waals surface area contributed by atoms with E-state index in [2.05, 4.69) is 39.9 Å². The quantitative estimate of drug-likeness (QED) is 0.327. The first-order chi connectivity index (χ1) is 13.5. The molecule has 0 aromatic heterocycles. The minimum absolute atomic E-state index is 0.0383. The molecule has 1 unspecified atom stereocenters. The molecule has 2 aliphatic rings. The SMILES string of the molecule is CC1(C2CC2)Nc2cccc3c(/N=N/c4ccc([N+](=O)[O-])cc4)ccc(c23)N1. The molecule has 0 spiro atoms. The first-order valence-corrected chi connectivity index (χ1v) is 9.32. The number of azo groups is 1. The van der Waals surface area contributed by atoms with Gasteiger partial charge in [0.1, 0.15) is 5.66 Å². The highest BCUT2D eigenvalue weighted by Crippen LogP contribution is 2.48. The molecule has 1 aliphatic heterocycles. The normalized spacial score (nSPS) is 20.8. The van der Waals surface area contributed by atoms with Crippen LogP contribution in [-0.4, -0.2) is 10.6 Å². The van der Waals surface area contributed by atoms with Crippen LogP contribution in [0, 0.1) is 16.0 Å². The minimum atomic E-state index is -0.428. The van der Waals surface area contributed by atoms with Crippen molar-refractivity contribution in [3.8, 4) is 0 Å². The van der Waals surface area contributed by atoms with Crippen molar-refractivity contribution in [1.29, 1.82) is 0 Å². The van der Waals surface area contributed by atoms with Crippen LogP contribution < -0.4 is 10.6 Å². The molecule has 1 fully saturated rings. The Hall–Kier alpha value is -3.48. The number of nitrogens with one attached hydrogen (secondary N) is 2. The Labute approximate surface area is 161 Å². The van der Waals surface area contributed by atoms with Crippen LogP contribution in [0.5, 0.6) is 0 Å². The molecule has 5 rings (SSSR count). The number of non-ortho nitro benzene ring substituents is 1. The largest absolute Gasteiger partial charge is 0.362 e. The third-order valence-corrected chi connectivity index (χ3v) is 5.53. The van der Waals surface area contributed by atoms with E-state index < -0.39 is 4.92 Å². The van der Waals surface area contributed by atoms with Gasteiger partial charge in [-0.05, 0) is 50.1 Å². The molecular weight excluding hydrogens is 354 g/mol. The molecule has 3 aromatic carbocycles. The number of nitro groups is 1. The molecule has 0 radical (unpaired) electrons. The summed E-state index contributed by atoms with van der Waals surface area (Å²) in [5, 5.41) is 28.9. The summed E-state index contributed by atoms with van der Waals surface area (Å²) in [7, 11) is 0. The van der Waals surface area contributed by atoms with Gasteiger partial charge in [0.2, 0.25) is 0 Å². The van der Waals surface area contributed by atoms with E-state index in [1.165, 1.54) is 25.0 Å². The third kappa shape index (κ3) is 2.76. The number of hydrogen-bond acceptors (Lipinski definition) is 6. The van der Waals surface area contributed by atoms with Crippen LogP contribution in [0.1, 0.15) is 19.8 Å². The molecule has 2 N–H and O–H groups in total. The van der Waals surface area contributed by atoms with Crippen LogP contribution in [0.25, 0.3) is 10.8 Å². The maximum absolute atomic E-state index is 10.8. The lowest BCUT2D eigenvalue weighted by Crippen LogP contribution is -2.47. The van der Waals surface area contributed by atoms with Crippen molar-refractivity contribution in [2.45, 2.75) is 25.4 Å². The van der Waals surface area contributed by atoms with Crippen LogP contribution >= 0.6 is 0 Å². The standard InChI is InChI=1S/C21H19N5O2/c1-21(13-5-6-13)22-18-4-2-3-16-17(11-12-19(23-21)20(16)18)25-24-14-7-9-15(10-8-14)26(27)28/h2-4,7-13,22-23H,5-6H2,1H3/b25-24+. The highest BCUT2D eigenvalue weighted by atomic mass is 16.6. The van der Waals surface area contributed by atoms with Gasteiger partial charge >= 0.3 is 0 Å². The van der Waals surface area contributed by atoms with Crippen molar-refractivity contribution in [2.75, 3.05) is 10.6 Å². The Bertz CT molecular complexity index is 1110. The van der Waals surface area contributed by atoms with Gasteiger partial charge in [-0.1, -0.05) is 12.1 Å². The molecule has 1 heterocycles. The minimum Gasteiger partial charge on any atom is -0.362 e. The van der Waals surface area contributed by atoms with Gasteiger partial charge in [0.15, 0.2) is 0 Å². The summed E-state index contributed by atoms with van der Waals surface area (Å²) in [5.41, 5.74) is 3.46. The number of anilines is 2. The lowest BCUT2D eigenvalue weighted by Gasteiger charge is -2.39. The summed E-state index contributed by atoms with van der Waals surface area (Å²) in [5.74, 6) is 0.636. The molecule has 0 bridgehead atoms. The lowest BCUT2D eigenvalue weighted by atomic mass is 9.96. The Morgan fingerprint density at radius 2 is 1.71 bits per heavy atom. The van der Waals surface area contributed by atoms with Crippen LogP contribution in [-0.2, 0) is 0 Å². The molecule has 1 saturated carbocycles. The number of rotatable bonds is 4. The molecule has 1 aliphatic carbocycles. The summed E-state index contributed by atoms with van der Waals surface area (Å²) in [4.78, 5) is 10.3. The van der Waals surface area contributed by atoms with Crippen LogP contribution in [0.4, 0.5) is 28.4 Å². The van der Waals surface area contributed by atoms with Crippen molar-refractivity contribution in [3.05, 3.63) is 64.7 Å². The summed E-state index contributed by atoms with van der Waals surface area (Å²) >= 11 is 0. The number of hydrogen-bond donors (Lipinski definition) is 2. The van der Waals surface area contributed by atoms with Gasteiger partial charge in [-0.15, -0.1) is 5.11 Å². The number of nitrogens with zero attached hydrogens (tertiary/aromatic N) is 3. The second kappa shape index (κ2) is 6.02. The maximum atomic E-state index is 10.8. The zero-order valence-corrected chi connectivity index (χ0v) is 15.3. The van der Waals surface area contributed by atoms with E-state index >= 15 is 0 Å². The average molecular weight is 373 g/mol. The van der Waals surface area contributed by atoms with E-state index in [1.807, 2.05) is 18.2 Å². The van der Waals surface area contributed by atoms with E-state index in [-0.39, 0.29) is 11.4 Å². The van der Waals surface area contributed by atoms with E-state index in [0.717, 1.165) is 27.8 Å². The first kappa shape index (κ1) is 16.7. The van der Waals surface area contributed by atoms with Gasteiger partial charge in [-0.3, -0.25) is 10.1 Å². The maximum Gasteiger partial charge on any atom is 0.269 e. The fourth-order valence-electron chi connectivity index (χ4n) is 3.90. The highest BCUT2D eigenvalue weighted by Gasteiger charge is 2.43. The smallest absolute Gasteiger partial charge is 0.269 e. The zero-order valence-electron chi connectivity index (χ0n) is 15.3. The predicted octanol–water partition coefficient (Wildman–Crippen LogP) is 6.13. The summed E-state index contributed by atoms with van der Waals surface area (Å²) < 4.78 is 0. The number of benzene rings is 3. The molecule has 0 amide bonds. The lowest BCUT2D eigenvalue weighted by molar-refractivity contribution is -0.384. The van der Waals surface area contributed by atoms with Crippen LogP contribution in [0.15, 0.2) is 64.8 Å². The van der Waals surface area contributed by atoms with Crippen molar-refractivity contribution >= 4 is 39.2 Å². The highest BCUT2D eigenvalue weighted by molar-refractivity contribution is 6.09. The van der Waals surface area contributed by atoms with E-state index in [4.69, 9.17) is 0 Å². The van der Waals surface area contributed by atoms with E-state index in [9.17, 15) is 10.1 Å². The van der Waals surface area contributed by atoms with E-state index in [0.29, 0.717) is 11.6 Å². The van der Waals surface area contributed by atoms with Crippen molar-refractivity contribution in [1.82, 2.24) is 0 Å². The van der Waals surface area contributed by atoms with Gasteiger partial charge in [0.05, 0.1) is 16.3 Å². The van der Waals surface area contributed by atoms with Gasteiger partial charge in [0, 0.05) is 40.2 Å². The molecule has 140 valence electrons. The number of nitro benzene ring substituents is 1. The zero-order chi connectivity index (χ0) is 19.3. The molecular formula is C21H19N5O2. The monoisotopic (exact) mass is 373 g/mol. The molecule has 3 aromatic rings. The van der Waals surface area contributed by atoms with Gasteiger partial charge in [-0.2, -0.15) is 5.11 Å². The second-order valence-corrected chi connectivity index (χ2v) is 7.56. The predicted molar refractivity (Wildman–Crippen MR) is 110 cm³/mol. The molecule has 7 heteroatoms. The van der Waals surface area contributed by atoms with Crippen LogP contribution in [0.2, 0.25) is 0 Å². The fourth-order valence-corrected chi connectivity index (χ4v) is 3.90. The van der Waals surface area contributed by atoms with Gasteiger partial charge in [-0.25, -0.2) is 0 Å².